The Morgan fingerprint density at radius 3 is 2.73 bits per heavy atom. The molecule has 3 rings (SSSR count). The number of hydrogen-bond donors (Lipinski definition) is 1. The number of nitrogens with zero attached hydrogens (tertiary/aromatic N) is 1. The molecule has 2 aromatic rings. The van der Waals surface area contributed by atoms with Crippen molar-refractivity contribution in [3.8, 4) is 17.6 Å². The fourth-order valence-corrected chi connectivity index (χ4v) is 2.59. The molecular formula is C18H13ClN2O5. The topological polar surface area (TPSA) is 97.7 Å². The van der Waals surface area contributed by atoms with Crippen molar-refractivity contribution in [3.63, 3.8) is 0 Å². The van der Waals surface area contributed by atoms with Crippen LogP contribution in [0.5, 0.6) is 11.5 Å². The highest BCUT2D eigenvalue weighted by Crippen LogP contribution is 2.39. The van der Waals surface area contributed by atoms with Gasteiger partial charge in [-0.1, -0.05) is 11.6 Å². The minimum Gasteiger partial charge on any atom is -0.457 e. The van der Waals surface area contributed by atoms with Crippen molar-refractivity contribution >= 4 is 29.2 Å². The molecule has 0 bridgehead atoms. The lowest BCUT2D eigenvalue weighted by Gasteiger charge is -2.08. The highest BCUT2D eigenvalue weighted by Gasteiger charge is 2.19. The molecule has 1 aliphatic heterocycles. The maximum atomic E-state index is 12.1. The molecule has 132 valence electrons. The van der Waals surface area contributed by atoms with Crippen LogP contribution < -0.4 is 14.8 Å². The third-order valence-electron chi connectivity index (χ3n) is 3.50. The number of hydrogen-bond acceptors (Lipinski definition) is 6. The maximum absolute atomic E-state index is 12.1. The molecule has 26 heavy (non-hydrogen) atoms. The maximum Gasteiger partial charge on any atom is 0.338 e. The van der Waals surface area contributed by atoms with Crippen LogP contribution in [0.25, 0.3) is 0 Å². The number of amides is 1. The second-order valence-corrected chi connectivity index (χ2v) is 5.76. The predicted molar refractivity (Wildman–Crippen MR) is 92.0 cm³/mol. The molecule has 0 radical (unpaired) electrons. The molecule has 0 aromatic heterocycles. The molecule has 0 spiro atoms. The first-order chi connectivity index (χ1) is 12.6. The van der Waals surface area contributed by atoms with Gasteiger partial charge in [0.25, 0.3) is 0 Å². The number of halogens is 1. The van der Waals surface area contributed by atoms with E-state index in [4.69, 9.17) is 31.1 Å². The highest BCUT2D eigenvalue weighted by atomic mass is 35.5. The average Bonchev–Trinajstić information content (AvgIpc) is 3.10. The number of anilines is 1. The van der Waals surface area contributed by atoms with E-state index in [0.29, 0.717) is 33.3 Å². The second-order valence-electron chi connectivity index (χ2n) is 5.35. The molecule has 0 atom stereocenters. The summed E-state index contributed by atoms with van der Waals surface area (Å²) in [5.41, 5.74) is 1.49. The molecule has 1 heterocycles. The fraction of sp³-hybridized carbons (Fsp3) is 0.167. The van der Waals surface area contributed by atoms with Crippen LogP contribution in [0.1, 0.15) is 22.3 Å². The van der Waals surface area contributed by atoms with Gasteiger partial charge in [0, 0.05) is 5.69 Å². The number of nitrogens with one attached hydrogen (secondary N) is 1. The van der Waals surface area contributed by atoms with Crippen molar-refractivity contribution in [2.45, 2.75) is 13.0 Å². The normalized spacial score (nSPS) is 11.5. The number of fused-ring (bicyclic) bond motifs is 1. The lowest BCUT2D eigenvalue weighted by Crippen LogP contribution is -2.10. The van der Waals surface area contributed by atoms with Gasteiger partial charge in [0.2, 0.25) is 12.7 Å². The van der Waals surface area contributed by atoms with E-state index in [1.54, 1.807) is 30.3 Å². The van der Waals surface area contributed by atoms with Gasteiger partial charge in [0.1, 0.15) is 13.0 Å². The van der Waals surface area contributed by atoms with Crippen molar-refractivity contribution in [3.05, 3.63) is 52.5 Å². The van der Waals surface area contributed by atoms with Crippen LogP contribution in [0.15, 0.2) is 36.4 Å². The van der Waals surface area contributed by atoms with E-state index in [9.17, 15) is 9.59 Å². The van der Waals surface area contributed by atoms with Gasteiger partial charge in [0.05, 0.1) is 16.7 Å². The lowest BCUT2D eigenvalue weighted by molar-refractivity contribution is -0.115. The van der Waals surface area contributed by atoms with Crippen LogP contribution in [-0.4, -0.2) is 18.7 Å². The molecule has 7 nitrogen and oxygen atoms in total. The van der Waals surface area contributed by atoms with E-state index in [2.05, 4.69) is 5.32 Å². The van der Waals surface area contributed by atoms with Gasteiger partial charge in [-0.05, 0) is 42.0 Å². The van der Waals surface area contributed by atoms with E-state index in [1.807, 2.05) is 0 Å². The van der Waals surface area contributed by atoms with Gasteiger partial charge in [-0.15, -0.1) is 0 Å². The molecule has 1 amide bonds. The molecule has 8 heteroatoms. The van der Waals surface area contributed by atoms with Gasteiger partial charge in [0.15, 0.2) is 11.5 Å². The SMILES string of the molecule is N#CCC(=O)Nc1ccc(C(=O)OCc2cc(Cl)c3c(c2)OCO3)cc1. The lowest BCUT2D eigenvalue weighted by atomic mass is 10.2. The second kappa shape index (κ2) is 7.76. The number of benzene rings is 2. The molecule has 1 aliphatic rings. The Balaban J connectivity index is 1.59. The molecule has 2 aromatic carbocycles. The van der Waals surface area contributed by atoms with Crippen molar-refractivity contribution in [2.24, 2.45) is 0 Å². The van der Waals surface area contributed by atoms with Crippen molar-refractivity contribution in [1.29, 1.82) is 5.26 Å². The summed E-state index contributed by atoms with van der Waals surface area (Å²) in [7, 11) is 0. The van der Waals surface area contributed by atoms with Gasteiger partial charge < -0.3 is 19.5 Å². The molecule has 0 saturated heterocycles. The van der Waals surface area contributed by atoms with Crippen LogP contribution in [0.4, 0.5) is 5.69 Å². The van der Waals surface area contributed by atoms with Gasteiger partial charge in [-0.3, -0.25) is 4.79 Å². The predicted octanol–water partition coefficient (Wildman–Crippen LogP) is 3.28. The Hall–Kier alpha value is -3.24. The summed E-state index contributed by atoms with van der Waals surface area (Å²) in [5.74, 6) is 0.0630. The third-order valence-corrected chi connectivity index (χ3v) is 3.78. The summed E-state index contributed by atoms with van der Waals surface area (Å²) < 4.78 is 15.8. The fourth-order valence-electron chi connectivity index (χ4n) is 2.30. The van der Waals surface area contributed by atoms with E-state index in [0.717, 1.165) is 0 Å². The zero-order valence-electron chi connectivity index (χ0n) is 13.5. The minimum absolute atomic E-state index is 0.0237. The number of ether oxygens (including phenoxy) is 3. The zero-order chi connectivity index (χ0) is 18.5. The van der Waals surface area contributed by atoms with Crippen molar-refractivity contribution < 1.29 is 23.8 Å². The Morgan fingerprint density at radius 2 is 2.00 bits per heavy atom. The quantitative estimate of drug-likeness (QED) is 0.809. The average molecular weight is 373 g/mol. The van der Waals surface area contributed by atoms with E-state index in [1.165, 1.54) is 12.1 Å². The van der Waals surface area contributed by atoms with E-state index in [-0.39, 0.29) is 19.8 Å². The number of nitriles is 1. The first-order valence-corrected chi connectivity index (χ1v) is 7.96. The third kappa shape index (κ3) is 4.05. The van der Waals surface area contributed by atoms with Crippen LogP contribution >= 0.6 is 11.6 Å². The van der Waals surface area contributed by atoms with Crippen LogP contribution in [0.2, 0.25) is 5.02 Å². The Morgan fingerprint density at radius 1 is 1.23 bits per heavy atom. The zero-order valence-corrected chi connectivity index (χ0v) is 14.2. The molecule has 0 aliphatic carbocycles. The van der Waals surface area contributed by atoms with Gasteiger partial charge in [-0.25, -0.2) is 4.79 Å². The summed E-state index contributed by atoms with van der Waals surface area (Å²) >= 11 is 6.09. The van der Waals surface area contributed by atoms with Crippen LogP contribution in [-0.2, 0) is 16.1 Å². The Labute approximate surface area is 154 Å². The summed E-state index contributed by atoms with van der Waals surface area (Å²) in [6, 6.07) is 11.3. The van der Waals surface area contributed by atoms with Crippen molar-refractivity contribution in [2.75, 3.05) is 12.1 Å². The van der Waals surface area contributed by atoms with Gasteiger partial charge in [-0.2, -0.15) is 5.26 Å². The monoisotopic (exact) mass is 372 g/mol. The standard InChI is InChI=1S/C18H13ClN2O5/c19-14-7-11(8-15-17(14)26-10-25-15)9-24-18(23)12-1-3-13(4-2-12)21-16(22)5-6-20/h1-4,7-8H,5,9-10H2,(H,21,22). The number of carbonyl (C=O) groups excluding carboxylic acids is 2. The Kier molecular flexibility index (Phi) is 5.25. The van der Waals surface area contributed by atoms with E-state index < -0.39 is 11.9 Å². The van der Waals surface area contributed by atoms with Crippen LogP contribution in [0, 0.1) is 11.3 Å². The summed E-state index contributed by atoms with van der Waals surface area (Å²) in [6.45, 7) is 0.130. The smallest absolute Gasteiger partial charge is 0.338 e. The number of rotatable bonds is 5. The van der Waals surface area contributed by atoms with E-state index >= 15 is 0 Å². The number of esters is 1. The summed E-state index contributed by atoms with van der Waals surface area (Å²) in [5, 5.41) is 11.4. The highest BCUT2D eigenvalue weighted by molar-refractivity contribution is 6.32. The molecular weight excluding hydrogens is 360 g/mol. The minimum atomic E-state index is -0.520. The summed E-state index contributed by atoms with van der Waals surface area (Å²) in [4.78, 5) is 23.5. The first-order valence-electron chi connectivity index (χ1n) is 7.59. The molecule has 0 unspecified atom stereocenters. The Bertz CT molecular complexity index is 890. The molecule has 0 saturated carbocycles. The van der Waals surface area contributed by atoms with Crippen molar-refractivity contribution in [1.82, 2.24) is 0 Å². The first kappa shape index (κ1) is 17.6. The van der Waals surface area contributed by atoms with Gasteiger partial charge >= 0.3 is 5.97 Å². The molecule has 1 N–H and O–H groups in total. The largest absolute Gasteiger partial charge is 0.457 e. The molecule has 0 fully saturated rings. The summed E-state index contributed by atoms with van der Waals surface area (Å²) in [6.07, 6.45) is -0.234. The number of carbonyl (C=O) groups is 2. The van der Waals surface area contributed by atoms with Crippen LogP contribution in [0.3, 0.4) is 0 Å².